The highest BCUT2D eigenvalue weighted by Crippen LogP contribution is 2.49. The Labute approximate surface area is 246 Å². The van der Waals surface area contributed by atoms with Crippen LogP contribution in [0.4, 0.5) is 5.69 Å². The summed E-state index contributed by atoms with van der Waals surface area (Å²) in [5.41, 5.74) is 9.64. The van der Waals surface area contributed by atoms with Gasteiger partial charge in [0, 0.05) is 34.3 Å². The molecule has 1 aliphatic heterocycles. The van der Waals surface area contributed by atoms with Crippen molar-refractivity contribution in [3.8, 4) is 0 Å². The molecule has 0 atom stereocenters. The van der Waals surface area contributed by atoms with Gasteiger partial charge >= 0.3 is 11.9 Å². The Hall–Kier alpha value is -3.83. The fraction of sp³-hybridized carbons (Fsp3) is 0.314. The van der Waals surface area contributed by atoms with Gasteiger partial charge in [0.15, 0.2) is 0 Å². The summed E-state index contributed by atoms with van der Waals surface area (Å²) in [5, 5.41) is 19.8. The fourth-order valence-corrected chi connectivity index (χ4v) is 6.97. The largest absolute Gasteiger partial charge is 0.478 e. The van der Waals surface area contributed by atoms with Crippen molar-refractivity contribution in [2.45, 2.75) is 64.7 Å². The lowest BCUT2D eigenvalue weighted by Gasteiger charge is -2.24. The van der Waals surface area contributed by atoms with Crippen molar-refractivity contribution in [1.82, 2.24) is 0 Å². The fourth-order valence-electron chi connectivity index (χ4n) is 6.65. The van der Waals surface area contributed by atoms with E-state index in [1.54, 1.807) is 24.3 Å². The van der Waals surface area contributed by atoms with Crippen LogP contribution in [0.3, 0.4) is 0 Å². The van der Waals surface area contributed by atoms with Gasteiger partial charge in [-0.3, -0.25) is 0 Å². The Morgan fingerprint density at radius 1 is 0.878 bits per heavy atom. The number of benzene rings is 2. The summed E-state index contributed by atoms with van der Waals surface area (Å²) in [6, 6.07) is 10.7. The quantitative estimate of drug-likeness (QED) is 0.377. The summed E-state index contributed by atoms with van der Waals surface area (Å²) in [7, 11) is 2.02. The summed E-state index contributed by atoms with van der Waals surface area (Å²) in [5.74, 6) is -1.84. The predicted octanol–water partition coefficient (Wildman–Crippen LogP) is 8.62. The average Bonchev–Trinajstić information content (AvgIpc) is 3.24. The van der Waals surface area contributed by atoms with Gasteiger partial charge in [-0.1, -0.05) is 63.6 Å². The van der Waals surface area contributed by atoms with E-state index in [0.717, 1.165) is 74.7 Å². The van der Waals surface area contributed by atoms with Crippen LogP contribution < -0.4 is 4.90 Å². The van der Waals surface area contributed by atoms with E-state index in [1.807, 2.05) is 19.2 Å². The van der Waals surface area contributed by atoms with E-state index in [4.69, 9.17) is 11.6 Å². The van der Waals surface area contributed by atoms with E-state index < -0.39 is 11.9 Å². The molecule has 0 spiro atoms. The number of aromatic carboxylic acids is 2. The lowest BCUT2D eigenvalue weighted by Crippen LogP contribution is -2.22. The molecule has 5 rings (SSSR count). The molecular formula is C35H36ClNO4. The molecule has 0 saturated carbocycles. The number of anilines is 1. The number of hydrogen-bond donors (Lipinski definition) is 2. The molecule has 2 aromatic carbocycles. The molecule has 0 fully saturated rings. The van der Waals surface area contributed by atoms with Crippen LogP contribution >= 0.6 is 11.6 Å². The Kier molecular flexibility index (Phi) is 7.15. The summed E-state index contributed by atoms with van der Waals surface area (Å²) in [6.45, 7) is 10.6. The predicted molar refractivity (Wildman–Crippen MR) is 166 cm³/mol. The van der Waals surface area contributed by atoms with Gasteiger partial charge in [0.05, 0.1) is 11.1 Å². The Bertz CT molecular complexity index is 1650. The molecule has 0 saturated heterocycles. The second-order valence-corrected chi connectivity index (χ2v) is 12.6. The third-order valence-electron chi connectivity index (χ3n) is 9.05. The van der Waals surface area contributed by atoms with Gasteiger partial charge in [-0.25, -0.2) is 9.59 Å². The zero-order valence-electron chi connectivity index (χ0n) is 24.4. The zero-order chi connectivity index (χ0) is 29.9. The van der Waals surface area contributed by atoms with Crippen LogP contribution in [0.15, 0.2) is 88.2 Å². The lowest BCUT2D eigenvalue weighted by molar-refractivity contribution is 0.0686. The Balaban J connectivity index is 1.45. The molecule has 0 aromatic heterocycles. The number of allylic oxidation sites excluding steroid dienone is 10. The SMILES string of the molecule is CC1=C(/C=C/C2=C(Cl)C(=C/C=C3/N(C)c4ccc(C(=O)O)cc4C3(C)C)/CCC2)C(C)(C)c2cc(C(=O)O)ccc21. The summed E-state index contributed by atoms with van der Waals surface area (Å²) >= 11 is 6.99. The van der Waals surface area contributed by atoms with Crippen molar-refractivity contribution in [3.05, 3.63) is 116 Å². The summed E-state index contributed by atoms with van der Waals surface area (Å²) < 4.78 is 0. The second kappa shape index (κ2) is 10.2. The Morgan fingerprint density at radius 2 is 1.51 bits per heavy atom. The zero-order valence-corrected chi connectivity index (χ0v) is 25.2. The van der Waals surface area contributed by atoms with Gasteiger partial charge in [-0.2, -0.15) is 0 Å². The van der Waals surface area contributed by atoms with Crippen molar-refractivity contribution in [3.63, 3.8) is 0 Å². The molecule has 5 nitrogen and oxygen atoms in total. The number of hydrogen-bond acceptors (Lipinski definition) is 3. The van der Waals surface area contributed by atoms with Gasteiger partial charge in [-0.15, -0.1) is 0 Å². The molecule has 0 bridgehead atoms. The highest BCUT2D eigenvalue weighted by atomic mass is 35.5. The first kappa shape index (κ1) is 28.7. The molecule has 1 heterocycles. The van der Waals surface area contributed by atoms with Gasteiger partial charge < -0.3 is 15.1 Å². The molecule has 0 radical (unpaired) electrons. The molecule has 6 heteroatoms. The number of carboxylic acid groups (broad SMARTS) is 2. The van der Waals surface area contributed by atoms with Gasteiger partial charge in [0.1, 0.15) is 0 Å². The number of halogens is 1. The summed E-state index contributed by atoms with van der Waals surface area (Å²) in [6.07, 6.45) is 11.3. The van der Waals surface area contributed by atoms with E-state index in [2.05, 4.69) is 63.8 Å². The van der Waals surface area contributed by atoms with E-state index in [9.17, 15) is 19.8 Å². The van der Waals surface area contributed by atoms with E-state index in [0.29, 0.717) is 11.1 Å². The lowest BCUT2D eigenvalue weighted by atomic mass is 9.80. The topological polar surface area (TPSA) is 77.8 Å². The number of rotatable bonds is 5. The van der Waals surface area contributed by atoms with Gasteiger partial charge in [-0.05, 0) is 102 Å². The maximum Gasteiger partial charge on any atom is 0.335 e. The first-order valence-corrected chi connectivity index (χ1v) is 14.3. The van der Waals surface area contributed by atoms with Crippen molar-refractivity contribution in [2.24, 2.45) is 0 Å². The standard InChI is InChI=1S/C35H36ClNO4/c1-20-25-14-10-23(32(38)39)18-27(25)34(2,3)26(20)15-11-21-8-7-9-22(31(21)36)13-17-30-35(4,5)28-19-24(33(40)41)12-16-29(28)37(30)6/h10-19H,7-9H2,1-6H3,(H,38,39)(H,40,41)/b15-11+,22-13+,30-17+. The van der Waals surface area contributed by atoms with Gasteiger partial charge in [0.2, 0.25) is 0 Å². The minimum atomic E-state index is -0.925. The van der Waals surface area contributed by atoms with Crippen molar-refractivity contribution in [1.29, 1.82) is 0 Å². The smallest absolute Gasteiger partial charge is 0.335 e. The minimum Gasteiger partial charge on any atom is -0.478 e. The number of carboxylic acids is 2. The number of nitrogens with zero attached hydrogens (tertiary/aromatic N) is 1. The molecule has 2 aliphatic carbocycles. The summed E-state index contributed by atoms with van der Waals surface area (Å²) in [4.78, 5) is 25.3. The molecule has 212 valence electrons. The van der Waals surface area contributed by atoms with Gasteiger partial charge in [0.25, 0.3) is 0 Å². The number of likely N-dealkylation sites (N-methyl/N-ethyl adjacent to an activating group) is 1. The molecule has 2 aromatic rings. The van der Waals surface area contributed by atoms with Crippen LogP contribution in [0.5, 0.6) is 0 Å². The van der Waals surface area contributed by atoms with Crippen LogP contribution in [-0.2, 0) is 10.8 Å². The Morgan fingerprint density at radius 3 is 2.17 bits per heavy atom. The maximum absolute atomic E-state index is 11.6. The van der Waals surface area contributed by atoms with E-state index in [-0.39, 0.29) is 10.8 Å². The molecule has 2 N–H and O–H groups in total. The highest BCUT2D eigenvalue weighted by Gasteiger charge is 2.39. The van der Waals surface area contributed by atoms with Crippen molar-refractivity contribution < 1.29 is 19.8 Å². The third-order valence-corrected chi connectivity index (χ3v) is 9.54. The molecule has 41 heavy (non-hydrogen) atoms. The van der Waals surface area contributed by atoms with Crippen LogP contribution in [0.25, 0.3) is 5.57 Å². The molecular weight excluding hydrogens is 534 g/mol. The number of carbonyl (C=O) groups is 2. The van der Waals surface area contributed by atoms with E-state index >= 15 is 0 Å². The van der Waals surface area contributed by atoms with Crippen LogP contribution in [0, 0.1) is 0 Å². The van der Waals surface area contributed by atoms with Crippen LogP contribution in [-0.4, -0.2) is 29.2 Å². The molecule has 0 amide bonds. The molecule has 0 unspecified atom stereocenters. The first-order chi connectivity index (χ1) is 19.2. The molecule has 3 aliphatic rings. The average molecular weight is 570 g/mol. The van der Waals surface area contributed by atoms with Crippen LogP contribution in [0.1, 0.15) is 91.3 Å². The van der Waals surface area contributed by atoms with Crippen LogP contribution in [0.2, 0.25) is 0 Å². The maximum atomic E-state index is 11.6. The second-order valence-electron chi connectivity index (χ2n) is 12.2. The van der Waals surface area contributed by atoms with Crippen molar-refractivity contribution >= 4 is 34.8 Å². The minimum absolute atomic E-state index is 0.292. The number of fused-ring (bicyclic) bond motifs is 2. The van der Waals surface area contributed by atoms with E-state index in [1.165, 1.54) is 0 Å². The highest BCUT2D eigenvalue weighted by molar-refractivity contribution is 6.32. The third kappa shape index (κ3) is 4.76. The van der Waals surface area contributed by atoms with Crippen molar-refractivity contribution in [2.75, 3.05) is 11.9 Å². The normalized spacial score (nSPS) is 21.3. The monoisotopic (exact) mass is 569 g/mol. The first-order valence-electron chi connectivity index (χ1n) is 13.9.